The normalized spacial score (nSPS) is 16.2. The molecule has 1 fully saturated rings. The molecule has 0 heterocycles. The SMILES string of the molecule is [2H]C([2H])(C(C)C)N(c1ccc(Br)cc1NC(=O)Nc1ccc(C)cc1)C1CCCCC1. The minimum atomic E-state index is -1.54. The summed E-state index contributed by atoms with van der Waals surface area (Å²) in [6, 6.07) is 13.0. The molecule has 1 aliphatic rings. The quantitative estimate of drug-likeness (QED) is 0.479. The van der Waals surface area contributed by atoms with Crippen molar-refractivity contribution in [2.45, 2.75) is 58.9 Å². The number of rotatable bonds is 6. The van der Waals surface area contributed by atoms with E-state index in [1.165, 1.54) is 6.42 Å². The Kier molecular flexibility index (Phi) is 6.64. The molecule has 0 aliphatic heterocycles. The molecule has 5 heteroatoms. The second kappa shape index (κ2) is 10.1. The summed E-state index contributed by atoms with van der Waals surface area (Å²) >= 11 is 3.50. The van der Waals surface area contributed by atoms with Crippen molar-refractivity contribution in [3.05, 3.63) is 52.5 Å². The molecule has 0 saturated heterocycles. The van der Waals surface area contributed by atoms with Crippen molar-refractivity contribution in [2.75, 3.05) is 22.0 Å². The summed E-state index contributed by atoms with van der Waals surface area (Å²) in [5, 5.41) is 5.82. The molecule has 3 rings (SSSR count). The van der Waals surface area contributed by atoms with Crippen LogP contribution in [0.5, 0.6) is 0 Å². The average Bonchev–Trinajstić information content (AvgIpc) is 2.72. The Morgan fingerprint density at radius 3 is 2.48 bits per heavy atom. The molecule has 2 aromatic carbocycles. The van der Waals surface area contributed by atoms with Gasteiger partial charge in [-0.25, -0.2) is 4.79 Å². The Labute approximate surface area is 186 Å². The largest absolute Gasteiger partial charge is 0.367 e. The van der Waals surface area contributed by atoms with E-state index in [4.69, 9.17) is 2.74 Å². The first-order valence-electron chi connectivity index (χ1n) is 11.4. The lowest BCUT2D eigenvalue weighted by atomic mass is 9.93. The average molecular weight is 460 g/mol. The second-order valence-electron chi connectivity index (χ2n) is 8.05. The van der Waals surface area contributed by atoms with Gasteiger partial charge in [-0.1, -0.05) is 66.7 Å². The van der Waals surface area contributed by atoms with Gasteiger partial charge in [0.2, 0.25) is 0 Å². The number of hydrogen-bond donors (Lipinski definition) is 2. The standard InChI is InChI=1S/C24H32BrN3O/c1-17(2)16-28(21-7-5-4-6-8-21)23-14-11-19(25)15-22(23)27-24(29)26-20-12-9-18(3)10-13-20/h9-15,17,21H,4-8,16H2,1-3H3,(H2,26,27,29)/i16D2. The first-order valence-corrected chi connectivity index (χ1v) is 11.2. The fourth-order valence-electron chi connectivity index (χ4n) is 3.73. The van der Waals surface area contributed by atoms with Gasteiger partial charge in [-0.05, 0) is 56.0 Å². The molecule has 0 aromatic heterocycles. The predicted molar refractivity (Wildman–Crippen MR) is 127 cm³/mol. The maximum absolute atomic E-state index is 12.8. The minimum absolute atomic E-state index is 0.105. The predicted octanol–water partition coefficient (Wildman–Crippen LogP) is 7.20. The van der Waals surface area contributed by atoms with E-state index in [-0.39, 0.29) is 18.0 Å². The molecule has 0 bridgehead atoms. The third-order valence-electron chi connectivity index (χ3n) is 5.11. The highest BCUT2D eigenvalue weighted by Crippen LogP contribution is 2.35. The first-order chi connectivity index (χ1) is 14.7. The number of carbonyl (C=O) groups excluding carboxylic acids is 1. The van der Waals surface area contributed by atoms with Gasteiger partial charge < -0.3 is 15.5 Å². The molecule has 2 aromatic rings. The zero-order valence-corrected chi connectivity index (χ0v) is 19.1. The molecular formula is C24H32BrN3O. The van der Waals surface area contributed by atoms with Gasteiger partial charge >= 0.3 is 6.03 Å². The fraction of sp³-hybridized carbons (Fsp3) is 0.458. The van der Waals surface area contributed by atoms with Crippen LogP contribution in [0.25, 0.3) is 0 Å². The lowest BCUT2D eigenvalue weighted by Gasteiger charge is -2.38. The summed E-state index contributed by atoms with van der Waals surface area (Å²) in [5.74, 6) is -0.202. The Bertz CT molecular complexity index is 896. The van der Waals surface area contributed by atoms with Gasteiger partial charge in [0.1, 0.15) is 0 Å². The number of anilines is 3. The second-order valence-corrected chi connectivity index (χ2v) is 8.97. The number of hydrogen-bond acceptors (Lipinski definition) is 2. The van der Waals surface area contributed by atoms with Gasteiger partial charge in [0.25, 0.3) is 0 Å². The Hall–Kier alpha value is -2.01. The summed E-state index contributed by atoms with van der Waals surface area (Å²) in [4.78, 5) is 14.7. The number of carbonyl (C=O) groups is 1. The van der Waals surface area contributed by atoms with Gasteiger partial charge in [0.05, 0.1) is 11.4 Å². The van der Waals surface area contributed by atoms with Crippen molar-refractivity contribution >= 4 is 39.0 Å². The molecule has 2 amide bonds. The number of halogens is 1. The number of aryl methyl sites for hydroxylation is 1. The minimum Gasteiger partial charge on any atom is -0.367 e. The van der Waals surface area contributed by atoms with E-state index in [1.54, 1.807) is 0 Å². The van der Waals surface area contributed by atoms with Crippen LogP contribution < -0.4 is 15.5 Å². The van der Waals surface area contributed by atoms with E-state index in [9.17, 15) is 4.79 Å². The third-order valence-corrected chi connectivity index (χ3v) is 5.61. The first kappa shape index (κ1) is 19.0. The van der Waals surface area contributed by atoms with Crippen molar-refractivity contribution in [2.24, 2.45) is 5.92 Å². The summed E-state index contributed by atoms with van der Waals surface area (Å²) in [6.07, 6.45) is 5.30. The Balaban J connectivity index is 1.93. The number of nitrogens with zero attached hydrogens (tertiary/aromatic N) is 1. The molecule has 0 atom stereocenters. The molecule has 0 unspecified atom stereocenters. The van der Waals surface area contributed by atoms with Gasteiger partial charge in [-0.2, -0.15) is 0 Å². The molecule has 1 saturated carbocycles. The van der Waals surface area contributed by atoms with Crippen molar-refractivity contribution in [1.82, 2.24) is 0 Å². The number of urea groups is 1. The monoisotopic (exact) mass is 459 g/mol. The summed E-state index contributed by atoms with van der Waals surface area (Å²) in [7, 11) is 0. The smallest absolute Gasteiger partial charge is 0.323 e. The van der Waals surface area contributed by atoms with Crippen molar-refractivity contribution < 1.29 is 7.54 Å². The maximum atomic E-state index is 12.8. The molecule has 4 nitrogen and oxygen atoms in total. The number of benzene rings is 2. The van der Waals surface area contributed by atoms with Crippen LogP contribution >= 0.6 is 15.9 Å². The van der Waals surface area contributed by atoms with Crippen LogP contribution in [0.3, 0.4) is 0 Å². The van der Waals surface area contributed by atoms with E-state index < -0.39 is 6.50 Å². The van der Waals surface area contributed by atoms with E-state index in [2.05, 4.69) is 26.6 Å². The zero-order valence-electron chi connectivity index (χ0n) is 19.5. The van der Waals surface area contributed by atoms with Crippen molar-refractivity contribution in [3.63, 3.8) is 0 Å². The van der Waals surface area contributed by atoms with Gasteiger partial charge in [-0.3, -0.25) is 0 Å². The van der Waals surface area contributed by atoms with Crippen LogP contribution in [0.15, 0.2) is 46.9 Å². The molecule has 29 heavy (non-hydrogen) atoms. The lowest BCUT2D eigenvalue weighted by molar-refractivity contribution is 0.262. The van der Waals surface area contributed by atoms with Crippen LogP contribution in [-0.4, -0.2) is 18.6 Å². The van der Waals surface area contributed by atoms with Crippen LogP contribution in [-0.2, 0) is 0 Å². The summed E-state index contributed by atoms with van der Waals surface area (Å²) in [5.41, 5.74) is 3.14. The molecule has 0 spiro atoms. The Morgan fingerprint density at radius 1 is 1.14 bits per heavy atom. The van der Waals surface area contributed by atoms with Gasteiger partial charge in [0.15, 0.2) is 0 Å². The topological polar surface area (TPSA) is 44.4 Å². The van der Waals surface area contributed by atoms with E-state index in [0.29, 0.717) is 17.1 Å². The fourth-order valence-corrected chi connectivity index (χ4v) is 4.09. The highest BCUT2D eigenvalue weighted by Gasteiger charge is 2.24. The van der Waals surface area contributed by atoms with Crippen LogP contribution in [0.2, 0.25) is 0 Å². The van der Waals surface area contributed by atoms with E-state index >= 15 is 0 Å². The lowest BCUT2D eigenvalue weighted by Crippen LogP contribution is -2.40. The summed E-state index contributed by atoms with van der Waals surface area (Å²) < 4.78 is 18.6. The highest BCUT2D eigenvalue weighted by molar-refractivity contribution is 9.10. The molecular weight excluding hydrogens is 426 g/mol. The highest BCUT2D eigenvalue weighted by atomic mass is 79.9. The maximum Gasteiger partial charge on any atom is 0.323 e. The van der Waals surface area contributed by atoms with Crippen LogP contribution in [0, 0.1) is 12.8 Å². The van der Waals surface area contributed by atoms with Crippen molar-refractivity contribution in [3.8, 4) is 0 Å². The number of amides is 2. The summed E-state index contributed by atoms with van der Waals surface area (Å²) in [6.45, 7) is 4.28. The molecule has 156 valence electrons. The zero-order chi connectivity index (χ0) is 22.6. The van der Waals surface area contributed by atoms with Crippen LogP contribution in [0.4, 0.5) is 21.9 Å². The van der Waals surface area contributed by atoms with Gasteiger partial charge in [0, 0.05) is 25.4 Å². The Morgan fingerprint density at radius 2 is 1.83 bits per heavy atom. The molecule has 1 aliphatic carbocycles. The molecule has 2 N–H and O–H groups in total. The van der Waals surface area contributed by atoms with E-state index in [0.717, 1.165) is 35.7 Å². The van der Waals surface area contributed by atoms with Gasteiger partial charge in [-0.15, -0.1) is 0 Å². The number of nitrogens with one attached hydrogen (secondary N) is 2. The third kappa shape index (κ3) is 6.23. The van der Waals surface area contributed by atoms with Crippen LogP contribution in [0.1, 0.15) is 54.3 Å². The van der Waals surface area contributed by atoms with Crippen molar-refractivity contribution in [1.29, 1.82) is 0 Å². The van der Waals surface area contributed by atoms with E-state index in [1.807, 2.05) is 68.1 Å². The molecule has 0 radical (unpaired) electrons.